The van der Waals surface area contributed by atoms with Crippen LogP contribution in [-0.4, -0.2) is 75.0 Å². The van der Waals surface area contributed by atoms with Gasteiger partial charge in [-0.25, -0.2) is 0 Å². The highest BCUT2D eigenvalue weighted by molar-refractivity contribution is 4.52. The molecule has 4 N–H and O–H groups in total. The van der Waals surface area contributed by atoms with Gasteiger partial charge in [0.25, 0.3) is 0 Å². The third-order valence-corrected chi connectivity index (χ3v) is 2.10. The molecule has 110 valence electrons. The largest absolute Gasteiger partial charge is 0.392 e. The minimum absolute atomic E-state index is 0.317. The van der Waals surface area contributed by atoms with Crippen LogP contribution in [0.15, 0.2) is 0 Å². The van der Waals surface area contributed by atoms with E-state index in [-0.39, 0.29) is 12.2 Å². The second-order valence-electron chi connectivity index (χ2n) is 4.33. The first-order valence-corrected chi connectivity index (χ1v) is 6.56. The van der Waals surface area contributed by atoms with Crippen LogP contribution in [0.4, 0.5) is 0 Å². The van der Waals surface area contributed by atoms with Gasteiger partial charge in [0.05, 0.1) is 38.6 Å². The normalized spacial score (nSPS) is 14.7. The zero-order chi connectivity index (χ0) is 13.6. The minimum Gasteiger partial charge on any atom is -0.392 e. The van der Waals surface area contributed by atoms with Crippen LogP contribution in [0.1, 0.15) is 13.8 Å². The maximum atomic E-state index is 8.99. The molecule has 0 aliphatic rings. The number of aliphatic hydroxyl groups excluding tert-OH is 2. The molecule has 0 aromatic rings. The van der Waals surface area contributed by atoms with E-state index in [0.29, 0.717) is 39.5 Å². The summed E-state index contributed by atoms with van der Waals surface area (Å²) in [5, 5.41) is 24.1. The zero-order valence-electron chi connectivity index (χ0n) is 11.5. The highest BCUT2D eigenvalue weighted by atomic mass is 16.5. The number of ether oxygens (including phenoxy) is 2. The van der Waals surface area contributed by atoms with Gasteiger partial charge in [0.1, 0.15) is 0 Å². The SMILES string of the molecule is CC(O)CNCCOCCOCCNCC(C)O. The van der Waals surface area contributed by atoms with Crippen LogP contribution in [0.3, 0.4) is 0 Å². The van der Waals surface area contributed by atoms with Crippen molar-refractivity contribution in [2.45, 2.75) is 26.1 Å². The van der Waals surface area contributed by atoms with Crippen molar-refractivity contribution in [2.75, 3.05) is 52.6 Å². The molecule has 0 saturated carbocycles. The van der Waals surface area contributed by atoms with Crippen molar-refractivity contribution in [3.8, 4) is 0 Å². The maximum absolute atomic E-state index is 8.99. The molecular formula is C12H28N2O4. The zero-order valence-corrected chi connectivity index (χ0v) is 11.5. The Morgan fingerprint density at radius 2 is 1.17 bits per heavy atom. The van der Waals surface area contributed by atoms with Crippen LogP contribution in [0.25, 0.3) is 0 Å². The summed E-state index contributed by atoms with van der Waals surface area (Å²) >= 11 is 0. The van der Waals surface area contributed by atoms with Gasteiger partial charge in [-0.15, -0.1) is 0 Å². The quantitative estimate of drug-likeness (QED) is 0.318. The van der Waals surface area contributed by atoms with Crippen molar-refractivity contribution in [1.82, 2.24) is 10.6 Å². The Kier molecular flexibility index (Phi) is 13.0. The Balaban J connectivity index is 2.95. The summed E-state index contributed by atoms with van der Waals surface area (Å²) in [7, 11) is 0. The molecule has 0 aliphatic heterocycles. The molecule has 0 rings (SSSR count). The molecule has 18 heavy (non-hydrogen) atoms. The topological polar surface area (TPSA) is 83.0 Å². The fourth-order valence-electron chi connectivity index (χ4n) is 1.23. The summed E-state index contributed by atoms with van der Waals surface area (Å²) in [6.45, 7) is 8.54. The number of aliphatic hydroxyl groups is 2. The van der Waals surface area contributed by atoms with Crippen LogP contribution in [0, 0.1) is 0 Å². The lowest BCUT2D eigenvalue weighted by Gasteiger charge is -2.09. The predicted molar refractivity (Wildman–Crippen MR) is 70.7 cm³/mol. The first-order chi connectivity index (χ1) is 8.63. The monoisotopic (exact) mass is 264 g/mol. The average Bonchev–Trinajstić information content (AvgIpc) is 2.29. The van der Waals surface area contributed by atoms with Crippen molar-refractivity contribution < 1.29 is 19.7 Å². The summed E-state index contributed by atoms with van der Waals surface area (Å²) in [6, 6.07) is 0. The van der Waals surface area contributed by atoms with Gasteiger partial charge in [-0.3, -0.25) is 0 Å². The lowest BCUT2D eigenvalue weighted by molar-refractivity contribution is 0.0484. The molecule has 0 heterocycles. The molecular weight excluding hydrogens is 236 g/mol. The van der Waals surface area contributed by atoms with Crippen molar-refractivity contribution in [3.63, 3.8) is 0 Å². The van der Waals surface area contributed by atoms with Gasteiger partial charge in [0, 0.05) is 26.2 Å². The Hall–Kier alpha value is -0.240. The van der Waals surface area contributed by atoms with Gasteiger partial charge in [0.15, 0.2) is 0 Å². The van der Waals surface area contributed by atoms with Gasteiger partial charge in [-0.05, 0) is 13.8 Å². The Bertz CT molecular complexity index is 150. The van der Waals surface area contributed by atoms with E-state index in [2.05, 4.69) is 10.6 Å². The Labute approximate surface area is 110 Å². The van der Waals surface area contributed by atoms with E-state index in [9.17, 15) is 0 Å². The summed E-state index contributed by atoms with van der Waals surface area (Å²) < 4.78 is 10.7. The van der Waals surface area contributed by atoms with Gasteiger partial charge in [-0.2, -0.15) is 0 Å². The molecule has 6 heteroatoms. The first kappa shape index (κ1) is 17.8. The van der Waals surface area contributed by atoms with Gasteiger partial charge in [-0.1, -0.05) is 0 Å². The molecule has 0 aromatic heterocycles. The van der Waals surface area contributed by atoms with E-state index >= 15 is 0 Å². The standard InChI is InChI=1S/C12H28N2O4/c1-11(15)9-13-3-5-17-7-8-18-6-4-14-10-12(2)16/h11-16H,3-10H2,1-2H3. The Morgan fingerprint density at radius 3 is 1.50 bits per heavy atom. The molecule has 2 atom stereocenters. The van der Waals surface area contributed by atoms with E-state index in [0.717, 1.165) is 13.1 Å². The minimum atomic E-state index is -0.317. The van der Waals surface area contributed by atoms with Crippen molar-refractivity contribution in [1.29, 1.82) is 0 Å². The second-order valence-corrected chi connectivity index (χ2v) is 4.33. The summed E-state index contributed by atoms with van der Waals surface area (Å²) in [5.74, 6) is 0. The van der Waals surface area contributed by atoms with Crippen molar-refractivity contribution in [3.05, 3.63) is 0 Å². The van der Waals surface area contributed by atoms with Crippen LogP contribution >= 0.6 is 0 Å². The van der Waals surface area contributed by atoms with E-state index in [1.165, 1.54) is 0 Å². The molecule has 0 spiro atoms. The molecule has 0 saturated heterocycles. The highest BCUT2D eigenvalue weighted by Crippen LogP contribution is 1.80. The fraction of sp³-hybridized carbons (Fsp3) is 1.00. The van der Waals surface area contributed by atoms with Gasteiger partial charge >= 0.3 is 0 Å². The molecule has 0 aliphatic carbocycles. The smallest absolute Gasteiger partial charge is 0.0701 e. The summed E-state index contributed by atoms with van der Waals surface area (Å²) in [6.07, 6.45) is -0.634. The number of hydrogen-bond donors (Lipinski definition) is 4. The van der Waals surface area contributed by atoms with Crippen LogP contribution in [0.2, 0.25) is 0 Å². The Morgan fingerprint density at radius 1 is 0.778 bits per heavy atom. The van der Waals surface area contributed by atoms with Crippen molar-refractivity contribution >= 4 is 0 Å². The lowest BCUT2D eigenvalue weighted by Crippen LogP contribution is -2.28. The first-order valence-electron chi connectivity index (χ1n) is 6.56. The van der Waals surface area contributed by atoms with E-state index in [4.69, 9.17) is 19.7 Å². The van der Waals surface area contributed by atoms with Crippen molar-refractivity contribution in [2.24, 2.45) is 0 Å². The highest BCUT2D eigenvalue weighted by Gasteiger charge is 1.95. The van der Waals surface area contributed by atoms with Crippen LogP contribution in [0.5, 0.6) is 0 Å². The molecule has 0 bridgehead atoms. The maximum Gasteiger partial charge on any atom is 0.0701 e. The molecule has 0 radical (unpaired) electrons. The van der Waals surface area contributed by atoms with Gasteiger partial charge < -0.3 is 30.3 Å². The molecule has 6 nitrogen and oxygen atoms in total. The van der Waals surface area contributed by atoms with Gasteiger partial charge in [0.2, 0.25) is 0 Å². The predicted octanol–water partition coefficient (Wildman–Crippen LogP) is -1.04. The molecule has 0 aromatic carbocycles. The number of nitrogens with one attached hydrogen (secondary N) is 2. The van der Waals surface area contributed by atoms with Crippen LogP contribution < -0.4 is 10.6 Å². The average molecular weight is 264 g/mol. The third kappa shape index (κ3) is 15.8. The fourth-order valence-corrected chi connectivity index (χ4v) is 1.23. The third-order valence-electron chi connectivity index (χ3n) is 2.10. The van der Waals surface area contributed by atoms with E-state index < -0.39 is 0 Å². The number of hydrogen-bond acceptors (Lipinski definition) is 6. The summed E-state index contributed by atoms with van der Waals surface area (Å²) in [4.78, 5) is 0. The van der Waals surface area contributed by atoms with E-state index in [1.54, 1.807) is 13.8 Å². The van der Waals surface area contributed by atoms with E-state index in [1.807, 2.05) is 0 Å². The molecule has 2 unspecified atom stereocenters. The molecule has 0 fully saturated rings. The van der Waals surface area contributed by atoms with Crippen LogP contribution in [-0.2, 0) is 9.47 Å². The number of rotatable bonds is 13. The second kappa shape index (κ2) is 13.2. The summed E-state index contributed by atoms with van der Waals surface area (Å²) in [5.41, 5.74) is 0. The molecule has 0 amide bonds. The lowest BCUT2D eigenvalue weighted by atomic mass is 10.4.